The number of hydrogen-bond donors (Lipinski definition) is 0. The lowest BCUT2D eigenvalue weighted by atomic mass is 9.91. The number of thioether (sulfide) groups is 1. The van der Waals surface area contributed by atoms with Crippen LogP contribution in [0.4, 0.5) is 0 Å². The number of para-hydroxylation sites is 1. The minimum Gasteiger partial charge on any atom is -0.496 e. The number of hydrogen-bond acceptors (Lipinski definition) is 7. The molecule has 0 aliphatic carbocycles. The van der Waals surface area contributed by atoms with Gasteiger partial charge >= 0.3 is 5.97 Å². The van der Waals surface area contributed by atoms with Crippen LogP contribution in [-0.4, -0.2) is 55.3 Å². The number of nitrogens with zero attached hydrogens (tertiary/aromatic N) is 3. The number of esters is 1. The van der Waals surface area contributed by atoms with E-state index in [2.05, 4.69) is 0 Å². The molecule has 0 bridgehead atoms. The second-order valence-corrected chi connectivity index (χ2v) is 11.4. The average Bonchev–Trinajstić information content (AvgIpc) is 3.35. The Morgan fingerprint density at radius 2 is 1.70 bits per heavy atom. The summed E-state index contributed by atoms with van der Waals surface area (Å²) in [6.45, 7) is 0.865. The van der Waals surface area contributed by atoms with Crippen molar-refractivity contribution in [3.05, 3.63) is 117 Å². The molecule has 1 unspecified atom stereocenters. The molecule has 5 rings (SSSR count). The molecule has 0 saturated carbocycles. The highest BCUT2D eigenvalue weighted by Crippen LogP contribution is 2.50. The largest absolute Gasteiger partial charge is 0.496 e. The van der Waals surface area contributed by atoms with E-state index in [1.165, 1.54) is 11.8 Å². The molecule has 6 nitrogen and oxygen atoms in total. The molecule has 2 heterocycles. The molecule has 0 spiro atoms. The lowest BCUT2D eigenvalue weighted by Crippen LogP contribution is -2.35. The van der Waals surface area contributed by atoms with Gasteiger partial charge in [0, 0.05) is 35.2 Å². The number of halogens is 2. The van der Waals surface area contributed by atoms with Gasteiger partial charge in [-0.1, -0.05) is 77.8 Å². The highest BCUT2D eigenvalue weighted by atomic mass is 35.5. The Morgan fingerprint density at radius 3 is 2.40 bits per heavy atom. The van der Waals surface area contributed by atoms with Crippen molar-refractivity contribution in [3.63, 3.8) is 0 Å². The minimum atomic E-state index is -0.541. The zero-order valence-electron chi connectivity index (χ0n) is 22.4. The lowest BCUT2D eigenvalue weighted by molar-refractivity contribution is -0.140. The molecule has 2 aliphatic rings. The molecular weight excluding hydrogens is 565 g/mol. The predicted octanol–water partition coefficient (Wildman–Crippen LogP) is 7.06. The van der Waals surface area contributed by atoms with Gasteiger partial charge in [0.15, 0.2) is 5.17 Å². The van der Waals surface area contributed by atoms with Gasteiger partial charge in [-0.2, -0.15) is 0 Å². The number of fused-ring (bicyclic) bond motifs is 1. The van der Waals surface area contributed by atoms with Crippen LogP contribution in [0.25, 0.3) is 4.91 Å². The molecule has 0 fully saturated rings. The Bertz CT molecular complexity index is 1480. The number of rotatable bonds is 9. The number of ether oxygens (including phenoxy) is 2. The van der Waals surface area contributed by atoms with Gasteiger partial charge in [0.2, 0.25) is 0 Å². The second kappa shape index (κ2) is 12.5. The van der Waals surface area contributed by atoms with Crippen molar-refractivity contribution in [1.29, 1.82) is 0 Å². The Hall–Kier alpha value is -3.23. The Balaban J connectivity index is 1.67. The molecule has 3 aromatic rings. The fourth-order valence-electron chi connectivity index (χ4n) is 4.70. The number of carbonyl (C=O) groups excluding carboxylic acids is 1. The number of likely N-dealkylation sites (N-methyl/N-ethyl adjacent to an activating group) is 1. The van der Waals surface area contributed by atoms with E-state index in [0.717, 1.165) is 26.8 Å². The van der Waals surface area contributed by atoms with Gasteiger partial charge in [-0.15, -0.1) is 0 Å². The van der Waals surface area contributed by atoms with E-state index in [9.17, 15) is 4.79 Å². The molecular formula is C31H29Cl2N3O3S. The number of carbonyl (C=O) groups is 1. The van der Waals surface area contributed by atoms with E-state index in [1.807, 2.05) is 103 Å². The average molecular weight is 595 g/mol. The van der Waals surface area contributed by atoms with Gasteiger partial charge in [-0.3, -0.25) is 0 Å². The van der Waals surface area contributed by atoms with Crippen LogP contribution in [-0.2, 0) is 16.0 Å². The predicted molar refractivity (Wildman–Crippen MR) is 164 cm³/mol. The normalized spacial score (nSPS) is 16.6. The SMILES string of the molecule is COc1ccccc1C1C(C(=O)OCCN(C)C)=C(Cc2ccccc2)N=C2SC(c3c(Cl)cccc3Cl)=CN21. The zero-order chi connectivity index (χ0) is 28.2. The zero-order valence-corrected chi connectivity index (χ0v) is 24.8. The van der Waals surface area contributed by atoms with Crippen LogP contribution in [0.2, 0.25) is 10.0 Å². The number of amidine groups is 1. The van der Waals surface area contributed by atoms with Crippen molar-refractivity contribution in [2.24, 2.45) is 4.99 Å². The second-order valence-electron chi connectivity index (χ2n) is 9.60. The summed E-state index contributed by atoms with van der Waals surface area (Å²) in [5.41, 5.74) is 3.71. The van der Waals surface area contributed by atoms with Crippen LogP contribution in [0.15, 0.2) is 95.3 Å². The third-order valence-electron chi connectivity index (χ3n) is 6.62. The molecule has 3 aromatic carbocycles. The summed E-state index contributed by atoms with van der Waals surface area (Å²) in [6, 6.07) is 22.6. The molecule has 1 atom stereocenters. The molecule has 40 heavy (non-hydrogen) atoms. The first kappa shape index (κ1) is 28.3. The molecule has 9 heteroatoms. The standard InChI is InChI=1S/C31H29Cl2N3O3S/c1-35(2)16-17-39-30(37)28-24(18-20-10-5-4-6-11-20)34-31-36(29(28)21-12-7-8-15-25(21)38-3)19-26(40-31)27-22(32)13-9-14-23(27)33/h4-15,19,29H,16-18H2,1-3H3. The number of methoxy groups -OCH3 is 1. The first-order valence-electron chi connectivity index (χ1n) is 12.8. The van der Waals surface area contributed by atoms with Crippen molar-refractivity contribution in [3.8, 4) is 5.75 Å². The van der Waals surface area contributed by atoms with E-state index >= 15 is 0 Å². The third kappa shape index (κ3) is 5.93. The number of benzene rings is 3. The van der Waals surface area contributed by atoms with Gasteiger partial charge in [0.05, 0.1) is 34.5 Å². The van der Waals surface area contributed by atoms with Crippen LogP contribution < -0.4 is 4.74 Å². The van der Waals surface area contributed by atoms with Gasteiger partial charge in [0.25, 0.3) is 0 Å². The molecule has 2 aliphatic heterocycles. The van der Waals surface area contributed by atoms with Crippen molar-refractivity contribution < 1.29 is 14.3 Å². The van der Waals surface area contributed by atoms with Crippen LogP contribution in [0, 0.1) is 0 Å². The number of aliphatic imine (C=N–C) groups is 1. The van der Waals surface area contributed by atoms with Crippen LogP contribution >= 0.6 is 35.0 Å². The Morgan fingerprint density at radius 1 is 1.00 bits per heavy atom. The molecule has 0 aromatic heterocycles. The topological polar surface area (TPSA) is 54.4 Å². The summed E-state index contributed by atoms with van der Waals surface area (Å²) >= 11 is 14.7. The number of allylic oxidation sites excluding steroid dienone is 1. The minimum absolute atomic E-state index is 0.258. The monoisotopic (exact) mass is 593 g/mol. The molecule has 0 N–H and O–H groups in total. The Kier molecular flexibility index (Phi) is 8.86. The van der Waals surface area contributed by atoms with Gasteiger partial charge in [-0.25, -0.2) is 9.79 Å². The summed E-state index contributed by atoms with van der Waals surface area (Å²) in [5.74, 6) is 0.253. The molecule has 0 radical (unpaired) electrons. The van der Waals surface area contributed by atoms with E-state index in [1.54, 1.807) is 7.11 Å². The lowest BCUT2D eigenvalue weighted by Gasteiger charge is -2.34. The summed E-state index contributed by atoms with van der Waals surface area (Å²) in [6.07, 6.45) is 2.42. The molecule has 206 valence electrons. The van der Waals surface area contributed by atoms with Crippen LogP contribution in [0.3, 0.4) is 0 Å². The van der Waals surface area contributed by atoms with E-state index in [4.69, 9.17) is 37.7 Å². The van der Waals surface area contributed by atoms with Crippen molar-refractivity contribution in [2.75, 3.05) is 34.4 Å². The maximum Gasteiger partial charge on any atom is 0.338 e. The van der Waals surface area contributed by atoms with Crippen LogP contribution in [0.5, 0.6) is 5.75 Å². The summed E-state index contributed by atoms with van der Waals surface area (Å²) in [5, 5.41) is 1.81. The van der Waals surface area contributed by atoms with Crippen LogP contribution in [0.1, 0.15) is 22.7 Å². The maximum atomic E-state index is 13.9. The highest BCUT2D eigenvalue weighted by molar-refractivity contribution is 8.22. The quantitative estimate of drug-likeness (QED) is 0.247. The summed E-state index contributed by atoms with van der Waals surface area (Å²) in [7, 11) is 5.51. The molecule has 0 saturated heterocycles. The summed E-state index contributed by atoms with van der Waals surface area (Å²) < 4.78 is 11.6. The van der Waals surface area contributed by atoms with E-state index < -0.39 is 12.0 Å². The maximum absolute atomic E-state index is 13.9. The van der Waals surface area contributed by atoms with Gasteiger partial charge < -0.3 is 19.3 Å². The van der Waals surface area contributed by atoms with Crippen molar-refractivity contribution in [1.82, 2.24) is 9.80 Å². The van der Waals surface area contributed by atoms with Gasteiger partial charge in [0.1, 0.15) is 12.4 Å². The fraction of sp³-hybridized carbons (Fsp3) is 0.226. The summed E-state index contributed by atoms with van der Waals surface area (Å²) in [4.78, 5) is 23.8. The van der Waals surface area contributed by atoms with Crippen molar-refractivity contribution in [2.45, 2.75) is 12.5 Å². The van der Waals surface area contributed by atoms with Gasteiger partial charge in [-0.05, 0) is 49.6 Å². The highest BCUT2D eigenvalue weighted by Gasteiger charge is 2.42. The first-order valence-corrected chi connectivity index (χ1v) is 14.4. The molecule has 0 amide bonds. The fourth-order valence-corrected chi connectivity index (χ4v) is 6.51. The smallest absolute Gasteiger partial charge is 0.338 e. The van der Waals surface area contributed by atoms with E-state index in [0.29, 0.717) is 40.0 Å². The Labute approximate surface area is 248 Å². The third-order valence-corrected chi connectivity index (χ3v) is 8.26. The van der Waals surface area contributed by atoms with E-state index in [-0.39, 0.29) is 6.61 Å². The van der Waals surface area contributed by atoms with Crippen molar-refractivity contribution >= 4 is 51.0 Å². The first-order chi connectivity index (χ1) is 19.4.